The molecule has 0 aliphatic heterocycles. The number of alkyl halides is 1. The average molecular weight is 1470 g/mol. The second-order valence-electron chi connectivity index (χ2n) is 22.6. The van der Waals surface area contributed by atoms with Crippen molar-refractivity contribution in [2.24, 2.45) is 0 Å². The molecule has 0 radical (unpaired) electrons. The highest BCUT2D eigenvalue weighted by molar-refractivity contribution is 8.77. The van der Waals surface area contributed by atoms with Crippen LogP contribution in [0.2, 0.25) is 0 Å². The highest BCUT2D eigenvalue weighted by atomic mass is 35.5. The second-order valence-corrected chi connectivity index (χ2v) is 32.9. The lowest BCUT2D eigenvalue weighted by Gasteiger charge is -2.36. The van der Waals surface area contributed by atoms with Crippen molar-refractivity contribution in [1.82, 2.24) is 9.57 Å². The summed E-state index contributed by atoms with van der Waals surface area (Å²) in [6.07, 6.45) is 0. The molecule has 16 heteroatoms. The molecule has 3 N–H and O–H groups in total. The van der Waals surface area contributed by atoms with Crippen molar-refractivity contribution in [3.8, 4) is 0 Å². The summed E-state index contributed by atoms with van der Waals surface area (Å²) in [6, 6.07) is 94.6. The first-order chi connectivity index (χ1) is 47.9. The maximum absolute atomic E-state index is 8.93. The van der Waals surface area contributed by atoms with Gasteiger partial charge in [-0.05, 0) is 104 Å². The third kappa shape index (κ3) is 27.3. The zero-order chi connectivity index (χ0) is 70.4. The van der Waals surface area contributed by atoms with E-state index in [9.17, 15) is 0 Å². The first-order valence-corrected chi connectivity index (χ1v) is 43.3. The van der Waals surface area contributed by atoms with Gasteiger partial charge >= 0.3 is 0 Å². The Hall–Kier alpha value is -4.52. The second kappa shape index (κ2) is 49.9. The number of benzene rings is 9. The SMILES string of the molecule is CC(C)N(C(C)C)P(C)OCCSSCCOC(c1ccccc1)(c1ccccc1)c1ccccc1.CCN(CC)CC.ClC(c1ccccc1)(c1ccccc1)c1ccccc1.OCCSSCCO.OCCSSCCOC(c1ccccc1)(c1ccccc1)c1ccccc1. The molecule has 0 bridgehead atoms. The lowest BCUT2D eigenvalue weighted by molar-refractivity contribution is 0.0233. The maximum Gasteiger partial charge on any atom is 0.143 e. The van der Waals surface area contributed by atoms with E-state index < -0.39 is 24.4 Å². The predicted molar refractivity (Wildman–Crippen MR) is 436 cm³/mol. The van der Waals surface area contributed by atoms with Crippen molar-refractivity contribution < 1.29 is 29.3 Å². The zero-order valence-corrected chi connectivity index (χ0v) is 65.0. The smallest absolute Gasteiger partial charge is 0.143 e. The number of ether oxygens (including phenoxy) is 2. The van der Waals surface area contributed by atoms with E-state index >= 15 is 0 Å². The number of nitrogens with zero attached hydrogens (tertiary/aromatic N) is 2. The highest BCUT2D eigenvalue weighted by Gasteiger charge is 2.39. The fraction of sp³-hybridized carbons (Fsp3) is 0.341. The third-order valence-electron chi connectivity index (χ3n) is 15.5. The van der Waals surface area contributed by atoms with Crippen molar-refractivity contribution in [3.63, 3.8) is 0 Å². The minimum atomic E-state index is -0.649. The Labute approximate surface area is 618 Å². The van der Waals surface area contributed by atoms with Crippen LogP contribution in [0.1, 0.15) is 98.5 Å². The Balaban J connectivity index is 0.000000246. The Morgan fingerprint density at radius 3 is 0.735 bits per heavy atom. The number of halogens is 1. The normalized spacial score (nSPS) is 11.8. The average Bonchev–Trinajstić information content (AvgIpc) is 0.370. The summed E-state index contributed by atoms with van der Waals surface area (Å²) >= 11 is 7.12. The minimum absolute atomic E-state index is 0.209. The van der Waals surface area contributed by atoms with Crippen LogP contribution in [0.3, 0.4) is 0 Å². The Morgan fingerprint density at radius 1 is 0.337 bits per heavy atom. The van der Waals surface area contributed by atoms with Crippen LogP contribution in [0.25, 0.3) is 0 Å². The van der Waals surface area contributed by atoms with Crippen LogP contribution < -0.4 is 0 Å². The van der Waals surface area contributed by atoms with E-state index in [1.807, 2.05) is 94.4 Å². The summed E-state index contributed by atoms with van der Waals surface area (Å²) in [7, 11) is 9.75. The molecule has 0 heterocycles. The summed E-state index contributed by atoms with van der Waals surface area (Å²) in [6.45, 7) is 24.0. The molecule has 1 atom stereocenters. The van der Waals surface area contributed by atoms with Gasteiger partial charge in [0.25, 0.3) is 0 Å². The van der Waals surface area contributed by atoms with E-state index in [1.165, 1.54) is 19.6 Å². The van der Waals surface area contributed by atoms with Gasteiger partial charge in [0.15, 0.2) is 0 Å². The van der Waals surface area contributed by atoms with Gasteiger partial charge in [-0.25, -0.2) is 0 Å². The molecule has 1 unspecified atom stereocenters. The first kappa shape index (κ1) is 84.1. The Kier molecular flexibility index (Phi) is 42.9. The molecule has 0 aliphatic carbocycles. The standard InChI is InChI=1S/C30H40NO2PS2.C23H24O2S2.C19H15Cl.C6H15N.C4H10O2S2/c1-25(2)31(26(3)4)34(5)33-22-24-36-35-23-21-32-30(27-15-9-6-10-16-27,28-17-11-7-12-18-28)29-19-13-8-14-20-29;24-16-18-26-27-19-17-25-23(20-10-4-1-5-11-20,21-12-6-2-7-13-21)22-14-8-3-9-15-22;20-19(16-10-4-1-5-11-16,17-12-6-2-7-13-17)18-14-8-3-9-15-18;1-4-7(5-2)6-3;5-1-3-7-8-4-2-6/h6-20,25-26H,21-24H2,1-5H3;1-15,24H,16-19H2;1-15H;4-6H2,1-3H3;5-6H,1-4H2. The van der Waals surface area contributed by atoms with Gasteiger partial charge in [-0.1, -0.05) is 359 Å². The van der Waals surface area contributed by atoms with Gasteiger partial charge in [-0.2, -0.15) is 0 Å². The minimum Gasteiger partial charge on any atom is -0.395 e. The third-order valence-corrected chi connectivity index (χ3v) is 25.3. The Bertz CT molecular complexity index is 3040. The van der Waals surface area contributed by atoms with Gasteiger partial charge in [-0.15, -0.1) is 11.6 Å². The van der Waals surface area contributed by atoms with Gasteiger partial charge in [0.2, 0.25) is 0 Å². The van der Waals surface area contributed by atoms with Crippen molar-refractivity contribution in [2.75, 3.05) is 100 Å². The molecule has 0 fully saturated rings. The lowest BCUT2D eigenvalue weighted by Crippen LogP contribution is -2.33. The van der Waals surface area contributed by atoms with E-state index in [2.05, 4.69) is 265 Å². The van der Waals surface area contributed by atoms with Crippen molar-refractivity contribution in [3.05, 3.63) is 323 Å². The summed E-state index contributed by atoms with van der Waals surface area (Å²) in [5.41, 5.74) is 8.75. The number of rotatable bonds is 36. The van der Waals surface area contributed by atoms with Crippen molar-refractivity contribution >= 4 is 84.7 Å². The number of hydrogen-bond donors (Lipinski definition) is 3. The molecular weight excluding hydrogens is 1370 g/mol. The molecule has 0 aliphatic rings. The maximum atomic E-state index is 8.93. The Morgan fingerprint density at radius 2 is 0.541 bits per heavy atom. The highest BCUT2D eigenvalue weighted by Crippen LogP contribution is 2.45. The van der Waals surface area contributed by atoms with Crippen LogP contribution in [-0.4, -0.2) is 137 Å². The molecule has 0 saturated carbocycles. The number of aliphatic hydroxyl groups is 3. The summed E-state index contributed by atoms with van der Waals surface area (Å²) in [5.74, 6) is 4.99. The van der Waals surface area contributed by atoms with Gasteiger partial charge in [-0.3, -0.25) is 4.67 Å². The van der Waals surface area contributed by atoms with Crippen LogP contribution in [-0.2, 0) is 30.1 Å². The van der Waals surface area contributed by atoms with E-state index in [-0.39, 0.29) is 19.8 Å². The predicted octanol–water partition coefficient (Wildman–Crippen LogP) is 20.7. The molecule has 98 heavy (non-hydrogen) atoms. The molecule has 0 spiro atoms. The van der Waals surface area contributed by atoms with Crippen LogP contribution in [0, 0.1) is 0 Å². The first-order valence-electron chi connectivity index (χ1n) is 33.8. The van der Waals surface area contributed by atoms with E-state index in [1.54, 1.807) is 43.2 Å². The van der Waals surface area contributed by atoms with Gasteiger partial charge < -0.3 is 34.2 Å². The van der Waals surface area contributed by atoms with Crippen molar-refractivity contribution in [2.45, 2.75) is 76.6 Å². The van der Waals surface area contributed by atoms with Crippen molar-refractivity contribution in [1.29, 1.82) is 0 Å². The van der Waals surface area contributed by atoms with Gasteiger partial charge in [0.05, 0.1) is 39.6 Å². The van der Waals surface area contributed by atoms with Gasteiger partial charge in [0.1, 0.15) is 24.4 Å². The molecule has 526 valence electrons. The molecular formula is C82H104ClN2O6PS6. The van der Waals surface area contributed by atoms with Crippen LogP contribution in [0.5, 0.6) is 0 Å². The quantitative estimate of drug-likeness (QED) is 0.0114. The fourth-order valence-corrected chi connectivity index (χ4v) is 18.2. The topological polar surface area (TPSA) is 94.9 Å². The van der Waals surface area contributed by atoms with Gasteiger partial charge in [0, 0.05) is 46.6 Å². The molecule has 9 rings (SSSR count). The van der Waals surface area contributed by atoms with Crippen LogP contribution in [0.15, 0.2) is 273 Å². The fourth-order valence-electron chi connectivity index (χ4n) is 11.2. The zero-order valence-electron chi connectivity index (χ0n) is 58.5. The summed E-state index contributed by atoms with van der Waals surface area (Å²) in [4.78, 5) is 1.73. The van der Waals surface area contributed by atoms with E-state index in [0.29, 0.717) is 25.3 Å². The van der Waals surface area contributed by atoms with E-state index in [0.717, 1.165) is 91.2 Å². The van der Waals surface area contributed by atoms with Crippen LogP contribution in [0.4, 0.5) is 0 Å². The number of hydrogen-bond acceptors (Lipinski definition) is 14. The molecule has 8 nitrogen and oxygen atoms in total. The summed E-state index contributed by atoms with van der Waals surface area (Å²) < 4.78 is 22.2. The monoisotopic (exact) mass is 1470 g/mol. The lowest BCUT2D eigenvalue weighted by atomic mass is 9.80. The summed E-state index contributed by atoms with van der Waals surface area (Å²) in [5, 5.41) is 25.5. The largest absolute Gasteiger partial charge is 0.395 e. The van der Waals surface area contributed by atoms with E-state index in [4.69, 9.17) is 40.9 Å². The molecule has 9 aromatic rings. The molecule has 0 amide bonds. The molecule has 0 aromatic heterocycles. The number of aliphatic hydroxyl groups excluding tert-OH is 3. The molecule has 9 aromatic carbocycles. The molecule has 0 saturated heterocycles. The van der Waals surface area contributed by atoms with Crippen LogP contribution >= 0.6 is 84.7 Å².